The molecule has 1 saturated carbocycles. The zero-order chi connectivity index (χ0) is 14.9. The zero-order valence-corrected chi connectivity index (χ0v) is 12.6. The van der Waals surface area contributed by atoms with Gasteiger partial charge >= 0.3 is 0 Å². The van der Waals surface area contributed by atoms with E-state index in [0.717, 1.165) is 12.8 Å². The van der Waals surface area contributed by atoms with E-state index in [1.165, 1.54) is 0 Å². The van der Waals surface area contributed by atoms with Gasteiger partial charge in [0.05, 0.1) is 19.3 Å². The monoisotopic (exact) mass is 284 g/mol. The average Bonchev–Trinajstić information content (AvgIpc) is 3.25. The first-order valence-corrected chi connectivity index (χ1v) is 7.08. The van der Waals surface area contributed by atoms with Gasteiger partial charge in [-0.05, 0) is 32.6 Å². The predicted molar refractivity (Wildman–Crippen MR) is 73.1 cm³/mol. The highest BCUT2D eigenvalue weighted by atomic mass is 16.5. The maximum absolute atomic E-state index is 12.8. The van der Waals surface area contributed by atoms with Crippen LogP contribution in [0.2, 0.25) is 0 Å². The van der Waals surface area contributed by atoms with Crippen LogP contribution in [0.25, 0.3) is 0 Å². The highest BCUT2D eigenvalue weighted by Crippen LogP contribution is 2.42. The zero-order valence-electron chi connectivity index (χ0n) is 12.6. The molecule has 0 spiro atoms. The third kappa shape index (κ3) is 2.67. The lowest BCUT2D eigenvalue weighted by Crippen LogP contribution is -2.70. The Morgan fingerprint density at radius 2 is 2.05 bits per heavy atom. The minimum Gasteiger partial charge on any atom is -0.382 e. The van der Waals surface area contributed by atoms with Gasteiger partial charge in [0, 0.05) is 14.2 Å². The van der Waals surface area contributed by atoms with E-state index in [1.54, 1.807) is 26.0 Å². The summed E-state index contributed by atoms with van der Waals surface area (Å²) in [6, 6.07) is -0.469. The number of piperazine rings is 1. The Bertz CT molecular complexity index is 397. The maximum Gasteiger partial charge on any atom is 0.249 e. The van der Waals surface area contributed by atoms with E-state index in [1.807, 2.05) is 6.92 Å². The number of methoxy groups -OCH3 is 2. The lowest BCUT2D eigenvalue weighted by atomic mass is 9.89. The molecule has 0 aromatic heterocycles. The van der Waals surface area contributed by atoms with Crippen LogP contribution in [0.15, 0.2) is 0 Å². The van der Waals surface area contributed by atoms with E-state index in [4.69, 9.17) is 9.47 Å². The van der Waals surface area contributed by atoms with Crippen molar-refractivity contribution in [1.29, 1.82) is 0 Å². The molecule has 2 amide bonds. The Morgan fingerprint density at radius 3 is 2.55 bits per heavy atom. The van der Waals surface area contributed by atoms with E-state index in [0.29, 0.717) is 13.2 Å². The molecule has 1 aliphatic heterocycles. The number of carbonyl (C=O) groups is 2. The summed E-state index contributed by atoms with van der Waals surface area (Å²) in [6.07, 6.45) is 1.77. The first-order chi connectivity index (χ1) is 9.43. The van der Waals surface area contributed by atoms with Crippen molar-refractivity contribution in [3.05, 3.63) is 0 Å². The molecule has 1 N–H and O–H groups in total. The number of carbonyl (C=O) groups excluding carboxylic acids is 2. The van der Waals surface area contributed by atoms with Crippen molar-refractivity contribution in [1.82, 2.24) is 10.2 Å². The molecule has 1 heterocycles. The van der Waals surface area contributed by atoms with Crippen molar-refractivity contribution in [2.24, 2.45) is 5.92 Å². The van der Waals surface area contributed by atoms with Gasteiger partial charge in [-0.25, -0.2) is 0 Å². The number of nitrogens with one attached hydrogen (secondary N) is 1. The Balaban J connectivity index is 2.15. The smallest absolute Gasteiger partial charge is 0.249 e. The van der Waals surface area contributed by atoms with E-state index < -0.39 is 11.6 Å². The minimum absolute atomic E-state index is 0.00902. The van der Waals surface area contributed by atoms with Gasteiger partial charge in [-0.1, -0.05) is 0 Å². The number of amides is 2. The van der Waals surface area contributed by atoms with Crippen LogP contribution in [0.5, 0.6) is 0 Å². The van der Waals surface area contributed by atoms with Crippen molar-refractivity contribution in [2.45, 2.75) is 44.4 Å². The Kier molecular flexibility index (Phi) is 4.34. The molecule has 6 nitrogen and oxygen atoms in total. The highest BCUT2D eigenvalue weighted by Gasteiger charge is 2.54. The third-order valence-electron chi connectivity index (χ3n) is 4.42. The topological polar surface area (TPSA) is 67.9 Å². The summed E-state index contributed by atoms with van der Waals surface area (Å²) in [6.45, 7) is 4.36. The lowest BCUT2D eigenvalue weighted by molar-refractivity contribution is -0.157. The van der Waals surface area contributed by atoms with Crippen molar-refractivity contribution in [3.63, 3.8) is 0 Å². The summed E-state index contributed by atoms with van der Waals surface area (Å²) >= 11 is 0. The fourth-order valence-electron chi connectivity index (χ4n) is 2.81. The van der Waals surface area contributed by atoms with Gasteiger partial charge in [-0.15, -0.1) is 0 Å². The summed E-state index contributed by atoms with van der Waals surface area (Å²) in [5.74, 6) is 0.161. The Labute approximate surface area is 119 Å². The van der Waals surface area contributed by atoms with E-state index >= 15 is 0 Å². The molecule has 0 radical (unpaired) electrons. The number of rotatable bonds is 6. The second kappa shape index (κ2) is 5.69. The third-order valence-corrected chi connectivity index (χ3v) is 4.42. The van der Waals surface area contributed by atoms with Crippen molar-refractivity contribution in [3.8, 4) is 0 Å². The van der Waals surface area contributed by atoms with Gasteiger partial charge in [-0.3, -0.25) is 9.59 Å². The Hall–Kier alpha value is -1.14. The van der Waals surface area contributed by atoms with Gasteiger partial charge in [0.1, 0.15) is 11.6 Å². The fraction of sp³-hybridized carbons (Fsp3) is 0.857. The second-order valence-corrected chi connectivity index (χ2v) is 5.91. The van der Waals surface area contributed by atoms with Gasteiger partial charge in [-0.2, -0.15) is 0 Å². The van der Waals surface area contributed by atoms with Crippen LogP contribution < -0.4 is 5.32 Å². The predicted octanol–water partition coefficient (Wildman–Crippen LogP) is 0.163. The van der Waals surface area contributed by atoms with Crippen LogP contribution in [0.4, 0.5) is 0 Å². The van der Waals surface area contributed by atoms with Gasteiger partial charge in [0.2, 0.25) is 11.8 Å². The molecule has 114 valence electrons. The molecule has 1 aliphatic carbocycles. The van der Waals surface area contributed by atoms with Crippen LogP contribution in [0, 0.1) is 5.92 Å². The molecule has 6 heteroatoms. The van der Waals surface area contributed by atoms with Crippen LogP contribution >= 0.6 is 0 Å². The largest absolute Gasteiger partial charge is 0.382 e. The van der Waals surface area contributed by atoms with E-state index in [9.17, 15) is 9.59 Å². The van der Waals surface area contributed by atoms with Crippen molar-refractivity contribution >= 4 is 11.8 Å². The average molecular weight is 284 g/mol. The molecule has 2 fully saturated rings. The summed E-state index contributed by atoms with van der Waals surface area (Å²) in [5.41, 5.74) is -0.755. The fourth-order valence-corrected chi connectivity index (χ4v) is 2.81. The summed E-state index contributed by atoms with van der Waals surface area (Å²) in [7, 11) is 3.18. The Morgan fingerprint density at radius 1 is 1.40 bits per heavy atom. The van der Waals surface area contributed by atoms with Crippen molar-refractivity contribution < 1.29 is 19.1 Å². The number of hydrogen-bond acceptors (Lipinski definition) is 4. The normalized spacial score (nSPS) is 32.2. The maximum atomic E-state index is 12.8. The van der Waals surface area contributed by atoms with Crippen LogP contribution in [-0.4, -0.2) is 61.8 Å². The standard InChI is InChI=1S/C14H24N2O4/c1-9-12(17)15-14(2,10-5-6-10)13(18)16(9)7-11(20-4)8-19-3/h9-11H,5-8H2,1-4H3,(H,15,17). The molecule has 2 rings (SSSR count). The first-order valence-electron chi connectivity index (χ1n) is 7.08. The molecule has 3 atom stereocenters. The van der Waals surface area contributed by atoms with Crippen LogP contribution in [0.1, 0.15) is 26.7 Å². The highest BCUT2D eigenvalue weighted by molar-refractivity contribution is 5.99. The summed E-state index contributed by atoms with van der Waals surface area (Å²) in [5, 5.41) is 2.91. The number of ether oxygens (including phenoxy) is 2. The number of nitrogens with zero attached hydrogens (tertiary/aromatic N) is 1. The second-order valence-electron chi connectivity index (χ2n) is 5.91. The van der Waals surface area contributed by atoms with E-state index in [2.05, 4.69) is 5.32 Å². The van der Waals surface area contributed by atoms with Crippen LogP contribution in [-0.2, 0) is 19.1 Å². The quantitative estimate of drug-likeness (QED) is 0.754. The van der Waals surface area contributed by atoms with Gasteiger partial charge in [0.25, 0.3) is 0 Å². The SMILES string of the molecule is COCC(CN1C(=O)C(C)(C2CC2)NC(=O)C1C)OC. The molecule has 2 aliphatic rings. The molecule has 1 saturated heterocycles. The lowest BCUT2D eigenvalue weighted by Gasteiger charge is -2.44. The van der Waals surface area contributed by atoms with Gasteiger partial charge < -0.3 is 19.7 Å². The van der Waals surface area contributed by atoms with Crippen molar-refractivity contribution in [2.75, 3.05) is 27.4 Å². The van der Waals surface area contributed by atoms with Crippen LogP contribution in [0.3, 0.4) is 0 Å². The molecule has 3 unspecified atom stereocenters. The molecule has 20 heavy (non-hydrogen) atoms. The summed E-state index contributed by atoms with van der Waals surface area (Å²) < 4.78 is 10.4. The molecule has 0 aromatic rings. The number of hydrogen-bond donors (Lipinski definition) is 1. The minimum atomic E-state index is -0.755. The molecule has 0 aromatic carbocycles. The van der Waals surface area contributed by atoms with E-state index in [-0.39, 0.29) is 23.8 Å². The molecule has 0 bridgehead atoms. The molecular formula is C14H24N2O4. The first kappa shape index (κ1) is 15.3. The molecular weight excluding hydrogens is 260 g/mol. The summed E-state index contributed by atoms with van der Waals surface area (Å²) in [4.78, 5) is 26.5. The van der Waals surface area contributed by atoms with Gasteiger partial charge in [0.15, 0.2) is 0 Å².